The predicted octanol–water partition coefficient (Wildman–Crippen LogP) is 0.684. The second-order valence-corrected chi connectivity index (χ2v) is 7.15. The molecule has 1 fully saturated rings. The molecule has 0 spiro atoms. The van der Waals surface area contributed by atoms with Gasteiger partial charge in [0.2, 0.25) is 0 Å². The number of hydrogen-bond donors (Lipinski definition) is 1. The Morgan fingerprint density at radius 2 is 2.41 bits per heavy atom. The van der Waals surface area contributed by atoms with E-state index in [1.54, 1.807) is 6.26 Å². The van der Waals surface area contributed by atoms with E-state index in [2.05, 4.69) is 4.98 Å². The van der Waals surface area contributed by atoms with E-state index in [1.165, 1.54) is 0 Å². The van der Waals surface area contributed by atoms with Crippen LogP contribution in [0.2, 0.25) is 0 Å². The average Bonchev–Trinajstić information content (AvgIpc) is 2.75. The Hall–Kier alpha value is -0.880. The highest BCUT2D eigenvalue weighted by Crippen LogP contribution is 2.23. The van der Waals surface area contributed by atoms with Gasteiger partial charge in [-0.1, -0.05) is 0 Å². The molecule has 0 aliphatic carbocycles. The van der Waals surface area contributed by atoms with Gasteiger partial charge < -0.3 is 10.2 Å². The highest BCUT2D eigenvalue weighted by atomic mass is 32.2. The summed E-state index contributed by atoms with van der Waals surface area (Å²) in [7, 11) is -2.92. The molecule has 6 heteroatoms. The fourth-order valence-electron chi connectivity index (χ4n) is 2.15. The molecule has 1 aliphatic rings. The Morgan fingerprint density at radius 1 is 1.65 bits per heavy atom. The molecule has 5 nitrogen and oxygen atoms in total. The monoisotopic (exact) mass is 258 g/mol. The van der Waals surface area contributed by atoms with Crippen LogP contribution in [0.3, 0.4) is 0 Å². The van der Waals surface area contributed by atoms with Crippen LogP contribution in [0.25, 0.3) is 0 Å². The molecule has 2 unspecified atom stereocenters. The van der Waals surface area contributed by atoms with Crippen LogP contribution in [0.15, 0.2) is 10.7 Å². The summed E-state index contributed by atoms with van der Waals surface area (Å²) in [6.07, 6.45) is 4.08. The van der Waals surface area contributed by atoms with Gasteiger partial charge in [0, 0.05) is 18.9 Å². The van der Waals surface area contributed by atoms with E-state index in [9.17, 15) is 8.42 Å². The summed E-state index contributed by atoms with van der Waals surface area (Å²) in [6, 6.07) is 0.0307. The maximum Gasteiger partial charge on any atom is 0.195 e. The molecule has 1 aliphatic heterocycles. The van der Waals surface area contributed by atoms with Gasteiger partial charge in [-0.3, -0.25) is 0 Å². The van der Waals surface area contributed by atoms with Crippen molar-refractivity contribution >= 4 is 9.84 Å². The lowest BCUT2D eigenvalue weighted by Crippen LogP contribution is -2.19. The molecule has 0 aromatic carbocycles. The van der Waals surface area contributed by atoms with E-state index in [-0.39, 0.29) is 11.3 Å². The van der Waals surface area contributed by atoms with E-state index in [0.717, 1.165) is 12.1 Å². The summed E-state index contributed by atoms with van der Waals surface area (Å²) >= 11 is 0. The highest BCUT2D eigenvalue weighted by Gasteiger charge is 2.32. The molecule has 0 amide bonds. The Kier molecular flexibility index (Phi) is 3.53. The third-order valence-corrected chi connectivity index (χ3v) is 5.27. The first-order valence-corrected chi connectivity index (χ1v) is 7.59. The quantitative estimate of drug-likeness (QED) is 0.858. The number of oxazole rings is 1. The Morgan fingerprint density at radius 3 is 3.00 bits per heavy atom. The molecule has 96 valence electrons. The minimum absolute atomic E-state index is 0.0307. The molecule has 1 aromatic heterocycles. The van der Waals surface area contributed by atoms with E-state index < -0.39 is 9.84 Å². The van der Waals surface area contributed by atoms with E-state index >= 15 is 0 Å². The van der Waals surface area contributed by atoms with Crippen molar-refractivity contribution in [1.82, 2.24) is 4.98 Å². The molecule has 1 saturated heterocycles. The van der Waals surface area contributed by atoms with Crippen molar-refractivity contribution < 1.29 is 12.8 Å². The van der Waals surface area contributed by atoms with Gasteiger partial charge in [-0.05, 0) is 19.8 Å². The van der Waals surface area contributed by atoms with E-state index in [1.807, 2.05) is 6.92 Å². The highest BCUT2D eigenvalue weighted by molar-refractivity contribution is 7.92. The molecular formula is C11H18N2O3S. The number of hydrogen-bond acceptors (Lipinski definition) is 5. The molecule has 1 aromatic rings. The third-order valence-electron chi connectivity index (χ3n) is 3.00. The minimum Gasteiger partial charge on any atom is -0.449 e. The first-order valence-electron chi connectivity index (χ1n) is 5.88. The van der Waals surface area contributed by atoms with Crippen molar-refractivity contribution in [2.24, 2.45) is 5.73 Å². The molecule has 17 heavy (non-hydrogen) atoms. The molecule has 0 bridgehead atoms. The zero-order valence-corrected chi connectivity index (χ0v) is 10.7. The van der Waals surface area contributed by atoms with Crippen molar-refractivity contribution in [2.45, 2.75) is 43.9 Å². The lowest BCUT2D eigenvalue weighted by atomic mass is 10.2. The summed E-state index contributed by atoms with van der Waals surface area (Å²) in [4.78, 5) is 4.27. The van der Waals surface area contributed by atoms with Gasteiger partial charge in [-0.2, -0.15) is 0 Å². The number of nitrogens with two attached hydrogens (primary N) is 1. The normalized spacial score (nSPS) is 24.9. The second kappa shape index (κ2) is 4.78. The molecule has 2 atom stereocenters. The van der Waals surface area contributed by atoms with Crippen molar-refractivity contribution in [3.63, 3.8) is 0 Å². The van der Waals surface area contributed by atoms with Gasteiger partial charge >= 0.3 is 0 Å². The topological polar surface area (TPSA) is 86.2 Å². The van der Waals surface area contributed by atoms with Crippen molar-refractivity contribution in [3.05, 3.63) is 17.8 Å². The smallest absolute Gasteiger partial charge is 0.195 e. The van der Waals surface area contributed by atoms with Crippen LogP contribution >= 0.6 is 0 Å². The van der Waals surface area contributed by atoms with Gasteiger partial charge in [-0.15, -0.1) is 0 Å². The summed E-state index contributed by atoms with van der Waals surface area (Å²) in [5, 5.41) is -0.315. The van der Waals surface area contributed by atoms with Crippen LogP contribution in [0.4, 0.5) is 0 Å². The van der Waals surface area contributed by atoms with Gasteiger partial charge in [0.05, 0.1) is 16.7 Å². The van der Waals surface area contributed by atoms with E-state index in [4.69, 9.17) is 10.2 Å². The van der Waals surface area contributed by atoms with Gasteiger partial charge in [-0.25, -0.2) is 13.4 Å². The van der Waals surface area contributed by atoms with Crippen LogP contribution < -0.4 is 5.73 Å². The van der Waals surface area contributed by atoms with Crippen molar-refractivity contribution in [3.8, 4) is 0 Å². The number of sulfone groups is 1. The fourth-order valence-corrected chi connectivity index (χ4v) is 3.97. The lowest BCUT2D eigenvalue weighted by Gasteiger charge is -2.05. The molecular weight excluding hydrogens is 240 g/mol. The zero-order valence-electron chi connectivity index (χ0n) is 9.93. The van der Waals surface area contributed by atoms with Crippen LogP contribution in [0.5, 0.6) is 0 Å². The van der Waals surface area contributed by atoms with Gasteiger partial charge in [0.1, 0.15) is 6.26 Å². The zero-order chi connectivity index (χ0) is 12.5. The SMILES string of the molecule is CC(N)Cc1coc(CC2CCCS2(=O)=O)n1. The van der Waals surface area contributed by atoms with Gasteiger partial charge in [0.25, 0.3) is 0 Å². The third kappa shape index (κ3) is 3.07. The summed E-state index contributed by atoms with van der Waals surface area (Å²) in [5.41, 5.74) is 6.46. The Labute approximate surface area is 101 Å². The molecule has 0 saturated carbocycles. The Balaban J connectivity index is 2.02. The summed E-state index contributed by atoms with van der Waals surface area (Å²) in [6.45, 7) is 1.90. The van der Waals surface area contributed by atoms with E-state index in [0.29, 0.717) is 30.9 Å². The first kappa shape index (κ1) is 12.6. The predicted molar refractivity (Wildman–Crippen MR) is 64.4 cm³/mol. The van der Waals surface area contributed by atoms with Crippen LogP contribution in [-0.2, 0) is 22.7 Å². The maximum absolute atomic E-state index is 11.7. The van der Waals surface area contributed by atoms with Crippen molar-refractivity contribution in [2.75, 3.05) is 5.75 Å². The first-order chi connectivity index (χ1) is 7.97. The molecule has 0 radical (unpaired) electrons. The van der Waals surface area contributed by atoms with Crippen molar-refractivity contribution in [1.29, 1.82) is 0 Å². The van der Waals surface area contributed by atoms with Crippen LogP contribution in [0.1, 0.15) is 31.4 Å². The number of nitrogens with zero attached hydrogens (tertiary/aromatic N) is 1. The molecule has 2 N–H and O–H groups in total. The maximum atomic E-state index is 11.7. The number of aromatic nitrogens is 1. The lowest BCUT2D eigenvalue weighted by molar-refractivity contribution is 0.482. The van der Waals surface area contributed by atoms with Gasteiger partial charge in [0.15, 0.2) is 15.7 Å². The second-order valence-electron chi connectivity index (χ2n) is 4.75. The largest absolute Gasteiger partial charge is 0.449 e. The van der Waals surface area contributed by atoms with Crippen LogP contribution in [0, 0.1) is 0 Å². The standard InChI is InChI=1S/C11H18N2O3S/c1-8(12)5-9-7-16-11(13-9)6-10-3-2-4-17(10,14)15/h7-8,10H,2-6,12H2,1H3. The molecule has 2 rings (SSSR count). The Bertz CT molecular complexity index is 479. The fraction of sp³-hybridized carbons (Fsp3) is 0.727. The summed E-state index contributed by atoms with van der Waals surface area (Å²) < 4.78 is 28.6. The van der Waals surface area contributed by atoms with Crippen LogP contribution in [-0.4, -0.2) is 30.4 Å². The summed E-state index contributed by atoms with van der Waals surface area (Å²) in [5.74, 6) is 0.807. The number of rotatable bonds is 4. The average molecular weight is 258 g/mol. The minimum atomic E-state index is -2.92. The molecule has 2 heterocycles.